The van der Waals surface area contributed by atoms with Crippen LogP contribution in [0.15, 0.2) is 18.2 Å². The van der Waals surface area contributed by atoms with Crippen molar-refractivity contribution in [3.8, 4) is 0 Å². The van der Waals surface area contributed by atoms with Gasteiger partial charge in [0.2, 0.25) is 0 Å². The van der Waals surface area contributed by atoms with E-state index >= 15 is 0 Å². The number of carbonyl (C=O) groups excluding carboxylic acids is 1. The molecule has 0 radical (unpaired) electrons. The third-order valence-electron chi connectivity index (χ3n) is 3.89. The molecule has 1 unspecified atom stereocenters. The van der Waals surface area contributed by atoms with Gasteiger partial charge in [-0.1, -0.05) is 0 Å². The summed E-state index contributed by atoms with van der Waals surface area (Å²) < 4.78 is 0. The molecule has 1 aromatic rings. The van der Waals surface area contributed by atoms with Crippen LogP contribution in [0.1, 0.15) is 29.3 Å². The van der Waals surface area contributed by atoms with Crippen molar-refractivity contribution >= 4 is 11.5 Å². The minimum absolute atomic E-state index is 0.161. The average Bonchev–Trinajstić information content (AvgIpc) is 2.96. The molecule has 1 N–H and O–H groups in total. The molecule has 3 heteroatoms. The van der Waals surface area contributed by atoms with Gasteiger partial charge in [-0.2, -0.15) is 0 Å². The Labute approximate surface area is 102 Å². The van der Waals surface area contributed by atoms with E-state index in [1.807, 2.05) is 6.07 Å². The van der Waals surface area contributed by atoms with Gasteiger partial charge in [-0.15, -0.1) is 0 Å². The molecule has 90 valence electrons. The van der Waals surface area contributed by atoms with Gasteiger partial charge >= 0.3 is 0 Å². The van der Waals surface area contributed by atoms with Crippen LogP contribution in [0.4, 0.5) is 5.69 Å². The van der Waals surface area contributed by atoms with Gasteiger partial charge in [0.15, 0.2) is 5.78 Å². The van der Waals surface area contributed by atoms with E-state index in [0.29, 0.717) is 6.04 Å². The summed E-state index contributed by atoms with van der Waals surface area (Å²) in [6.45, 7) is 4.95. The van der Waals surface area contributed by atoms with Crippen LogP contribution < -0.4 is 10.2 Å². The van der Waals surface area contributed by atoms with Crippen molar-refractivity contribution in [3.63, 3.8) is 0 Å². The summed E-state index contributed by atoms with van der Waals surface area (Å²) in [5, 5.41) is 3.41. The molecule has 0 bridgehead atoms. The Morgan fingerprint density at radius 1 is 1.47 bits per heavy atom. The largest absolute Gasteiger partial charge is 0.367 e. The summed E-state index contributed by atoms with van der Waals surface area (Å²) in [5.74, 6) is 0.161. The molecule has 1 aromatic carbocycles. The monoisotopic (exact) mass is 230 g/mol. The van der Waals surface area contributed by atoms with E-state index in [4.69, 9.17) is 0 Å². The van der Waals surface area contributed by atoms with Gasteiger partial charge < -0.3 is 10.2 Å². The first-order chi connectivity index (χ1) is 8.25. The Balaban J connectivity index is 1.89. The molecule has 1 saturated heterocycles. The lowest BCUT2D eigenvalue weighted by atomic mass is 10.1. The highest BCUT2D eigenvalue weighted by molar-refractivity contribution is 5.94. The van der Waals surface area contributed by atoms with Crippen LogP contribution in [0.5, 0.6) is 0 Å². The van der Waals surface area contributed by atoms with E-state index in [0.717, 1.165) is 31.6 Å². The van der Waals surface area contributed by atoms with Crippen LogP contribution in [0.25, 0.3) is 0 Å². The fourth-order valence-corrected chi connectivity index (χ4v) is 2.93. The van der Waals surface area contributed by atoms with E-state index in [2.05, 4.69) is 22.3 Å². The number of fused-ring (bicyclic) bond motifs is 1. The predicted molar refractivity (Wildman–Crippen MR) is 68.8 cm³/mol. The molecule has 0 amide bonds. The van der Waals surface area contributed by atoms with Gasteiger partial charge in [-0.3, -0.25) is 4.79 Å². The summed E-state index contributed by atoms with van der Waals surface area (Å²) in [7, 11) is 0. The molecule has 0 spiro atoms. The molecule has 3 rings (SSSR count). The lowest BCUT2D eigenvalue weighted by Gasteiger charge is -2.26. The summed E-state index contributed by atoms with van der Waals surface area (Å²) in [5.41, 5.74) is 3.52. The quantitative estimate of drug-likeness (QED) is 0.783. The highest BCUT2D eigenvalue weighted by Gasteiger charge is 2.28. The number of benzene rings is 1. The number of nitrogens with one attached hydrogen (secondary N) is 1. The van der Waals surface area contributed by atoms with Crippen molar-refractivity contribution in [3.05, 3.63) is 29.3 Å². The number of Topliss-reactive ketones (excluding diaryl/α,β-unsaturated/α-hetero) is 1. The highest BCUT2D eigenvalue weighted by Crippen LogP contribution is 2.31. The predicted octanol–water partition coefficient (Wildman–Crippen LogP) is 1.61. The molecular weight excluding hydrogens is 212 g/mol. The Kier molecular flexibility index (Phi) is 2.63. The molecule has 1 atom stereocenters. The van der Waals surface area contributed by atoms with Gasteiger partial charge in [0.05, 0.1) is 0 Å². The van der Waals surface area contributed by atoms with Crippen molar-refractivity contribution in [1.29, 1.82) is 0 Å². The van der Waals surface area contributed by atoms with Crippen molar-refractivity contribution < 1.29 is 4.79 Å². The zero-order chi connectivity index (χ0) is 11.8. The summed E-state index contributed by atoms with van der Waals surface area (Å²) >= 11 is 0. The Morgan fingerprint density at radius 3 is 3.06 bits per heavy atom. The number of rotatable bonds is 2. The molecule has 2 aliphatic rings. The van der Waals surface area contributed by atoms with E-state index in [1.165, 1.54) is 17.7 Å². The Morgan fingerprint density at radius 2 is 2.35 bits per heavy atom. The van der Waals surface area contributed by atoms with Crippen molar-refractivity contribution in [2.45, 2.75) is 25.8 Å². The maximum Gasteiger partial charge on any atom is 0.159 e. The second-order valence-corrected chi connectivity index (χ2v) is 4.99. The number of hydrogen-bond acceptors (Lipinski definition) is 3. The Hall–Kier alpha value is -1.35. The number of hydrogen-bond donors (Lipinski definition) is 1. The summed E-state index contributed by atoms with van der Waals surface area (Å²) in [4.78, 5) is 13.9. The summed E-state index contributed by atoms with van der Waals surface area (Å²) in [6.07, 6.45) is 2.31. The zero-order valence-electron chi connectivity index (χ0n) is 10.2. The maximum absolute atomic E-state index is 11.4. The lowest BCUT2D eigenvalue weighted by molar-refractivity contribution is 0.101. The molecule has 0 aliphatic carbocycles. The number of carbonyl (C=O) groups is 1. The molecule has 0 aromatic heterocycles. The first-order valence-electron chi connectivity index (χ1n) is 6.37. The fraction of sp³-hybridized carbons (Fsp3) is 0.500. The van der Waals surface area contributed by atoms with Gasteiger partial charge in [0.25, 0.3) is 0 Å². The second-order valence-electron chi connectivity index (χ2n) is 4.99. The third kappa shape index (κ3) is 1.84. The van der Waals surface area contributed by atoms with Crippen LogP contribution in [0, 0.1) is 0 Å². The number of anilines is 1. The molecule has 0 saturated carbocycles. The third-order valence-corrected chi connectivity index (χ3v) is 3.89. The normalized spacial score (nSPS) is 22.9. The second kappa shape index (κ2) is 4.15. The topological polar surface area (TPSA) is 32.3 Å². The SMILES string of the molecule is CC(=O)c1ccc2c(c1)CCN2C1CCNC1. The molecule has 1 fully saturated rings. The van der Waals surface area contributed by atoms with Crippen LogP contribution in [0.3, 0.4) is 0 Å². The van der Waals surface area contributed by atoms with Gasteiger partial charge in [0.1, 0.15) is 0 Å². The van der Waals surface area contributed by atoms with Gasteiger partial charge in [-0.25, -0.2) is 0 Å². The van der Waals surface area contributed by atoms with Gasteiger partial charge in [-0.05, 0) is 50.1 Å². The number of ketones is 1. The fourth-order valence-electron chi connectivity index (χ4n) is 2.93. The van der Waals surface area contributed by atoms with Crippen molar-refractivity contribution in [2.24, 2.45) is 0 Å². The van der Waals surface area contributed by atoms with Crippen molar-refractivity contribution in [2.75, 3.05) is 24.5 Å². The molecule has 2 aliphatic heterocycles. The minimum Gasteiger partial charge on any atom is -0.367 e. The number of nitrogens with zero attached hydrogens (tertiary/aromatic N) is 1. The molecule has 17 heavy (non-hydrogen) atoms. The van der Waals surface area contributed by atoms with Crippen LogP contribution in [0.2, 0.25) is 0 Å². The Bertz CT molecular complexity index is 450. The van der Waals surface area contributed by atoms with Crippen LogP contribution in [-0.2, 0) is 6.42 Å². The first kappa shape index (κ1) is 10.8. The molecule has 3 nitrogen and oxygen atoms in total. The highest BCUT2D eigenvalue weighted by atomic mass is 16.1. The average molecular weight is 230 g/mol. The van der Waals surface area contributed by atoms with Crippen LogP contribution >= 0.6 is 0 Å². The van der Waals surface area contributed by atoms with E-state index < -0.39 is 0 Å². The molecular formula is C14H18N2O. The van der Waals surface area contributed by atoms with E-state index in [9.17, 15) is 4.79 Å². The lowest BCUT2D eigenvalue weighted by Crippen LogP contribution is -2.35. The zero-order valence-corrected chi connectivity index (χ0v) is 10.2. The minimum atomic E-state index is 0.161. The summed E-state index contributed by atoms with van der Waals surface area (Å²) in [6, 6.07) is 6.79. The van der Waals surface area contributed by atoms with Crippen molar-refractivity contribution in [1.82, 2.24) is 5.32 Å². The van der Waals surface area contributed by atoms with E-state index in [-0.39, 0.29) is 5.78 Å². The smallest absolute Gasteiger partial charge is 0.159 e. The first-order valence-corrected chi connectivity index (χ1v) is 6.37. The van der Waals surface area contributed by atoms with Gasteiger partial charge in [0, 0.05) is 30.4 Å². The maximum atomic E-state index is 11.4. The van der Waals surface area contributed by atoms with E-state index in [1.54, 1.807) is 6.92 Å². The molecule has 2 heterocycles. The van der Waals surface area contributed by atoms with Crippen LogP contribution in [-0.4, -0.2) is 31.5 Å². The standard InChI is InChI=1S/C14H18N2O/c1-10(17)11-2-3-14-12(8-11)5-7-16(14)13-4-6-15-9-13/h2-3,8,13,15H,4-7,9H2,1H3.